The van der Waals surface area contributed by atoms with Crippen molar-refractivity contribution in [3.63, 3.8) is 0 Å². The number of furan rings is 1. The van der Waals surface area contributed by atoms with E-state index < -0.39 is 18.0 Å². The van der Waals surface area contributed by atoms with Gasteiger partial charge in [0.15, 0.2) is 0 Å². The van der Waals surface area contributed by atoms with Crippen LogP contribution in [0.3, 0.4) is 0 Å². The van der Waals surface area contributed by atoms with Crippen molar-refractivity contribution in [1.29, 1.82) is 0 Å². The normalized spacial score (nSPS) is 14.4. The van der Waals surface area contributed by atoms with Crippen molar-refractivity contribution < 1.29 is 22.7 Å². The van der Waals surface area contributed by atoms with Gasteiger partial charge in [-0.05, 0) is 25.5 Å². The minimum absolute atomic E-state index is 0.248. The molecule has 5 heteroatoms. The highest BCUT2D eigenvalue weighted by atomic mass is 19.4. The second-order valence-electron chi connectivity index (χ2n) is 3.15. The second kappa shape index (κ2) is 4.04. The molecule has 1 aromatic heterocycles. The van der Waals surface area contributed by atoms with Crippen LogP contribution in [0.2, 0.25) is 0 Å². The van der Waals surface area contributed by atoms with Crippen LogP contribution in [-0.4, -0.2) is 11.2 Å². The first-order chi connectivity index (χ1) is 6.39. The van der Waals surface area contributed by atoms with Gasteiger partial charge in [-0.2, -0.15) is 13.2 Å². The molecule has 0 aliphatic rings. The van der Waals surface area contributed by atoms with Gasteiger partial charge in [-0.15, -0.1) is 0 Å². The van der Waals surface area contributed by atoms with Gasteiger partial charge in [0.25, 0.3) is 0 Å². The van der Waals surface area contributed by atoms with E-state index in [9.17, 15) is 13.2 Å². The number of rotatable bonds is 3. The number of hydrogen-bond donors (Lipinski definition) is 1. The molecule has 0 aliphatic carbocycles. The van der Waals surface area contributed by atoms with Crippen LogP contribution in [0.25, 0.3) is 0 Å². The topological polar surface area (TPSA) is 33.4 Å². The average Bonchev–Trinajstić information content (AvgIpc) is 2.47. The van der Waals surface area contributed by atoms with Gasteiger partial charge >= 0.3 is 6.18 Å². The summed E-state index contributed by atoms with van der Waals surface area (Å²) in [5.74, 6) is -0.740. The molecule has 0 saturated carbocycles. The summed E-state index contributed by atoms with van der Waals surface area (Å²) in [7, 11) is 0. The lowest BCUT2D eigenvalue weighted by molar-refractivity contribution is -0.153. The molecule has 0 bridgehead atoms. The zero-order valence-corrected chi connectivity index (χ0v) is 7.64. The molecule has 2 nitrogen and oxygen atoms in total. The third-order valence-electron chi connectivity index (χ3n) is 1.75. The second-order valence-corrected chi connectivity index (χ2v) is 3.15. The van der Waals surface area contributed by atoms with Gasteiger partial charge in [0.1, 0.15) is 5.76 Å². The van der Waals surface area contributed by atoms with E-state index in [-0.39, 0.29) is 5.76 Å². The molecule has 0 spiro atoms. The van der Waals surface area contributed by atoms with Crippen LogP contribution >= 0.6 is 0 Å². The number of alkyl halides is 3. The van der Waals surface area contributed by atoms with Crippen molar-refractivity contribution >= 4 is 0 Å². The van der Waals surface area contributed by atoms with Crippen molar-refractivity contribution in [2.24, 2.45) is 0 Å². The predicted molar refractivity (Wildman–Crippen MR) is 43.7 cm³/mol. The van der Waals surface area contributed by atoms with Crippen LogP contribution < -0.4 is 0 Å². The van der Waals surface area contributed by atoms with Crippen LogP contribution in [0.4, 0.5) is 13.2 Å². The Kier molecular flexibility index (Phi) is 3.21. The maximum atomic E-state index is 12.1. The van der Waals surface area contributed by atoms with E-state index in [1.165, 1.54) is 6.07 Å². The molecular formula is C9H11F3O2. The van der Waals surface area contributed by atoms with E-state index >= 15 is 0 Å². The first kappa shape index (κ1) is 11.1. The largest absolute Gasteiger partial charge is 0.457 e. The molecule has 0 aromatic carbocycles. The molecule has 1 heterocycles. The van der Waals surface area contributed by atoms with Crippen LogP contribution in [-0.2, 0) is 12.6 Å². The molecule has 1 aromatic rings. The van der Waals surface area contributed by atoms with Crippen molar-refractivity contribution in [3.8, 4) is 0 Å². The van der Waals surface area contributed by atoms with Crippen molar-refractivity contribution in [3.05, 3.63) is 23.7 Å². The molecule has 1 rings (SSSR count). The van der Waals surface area contributed by atoms with Crippen LogP contribution in [0, 0.1) is 0 Å². The highest BCUT2D eigenvalue weighted by Crippen LogP contribution is 2.30. The van der Waals surface area contributed by atoms with Crippen LogP contribution in [0.1, 0.15) is 24.9 Å². The highest BCUT2D eigenvalue weighted by molar-refractivity contribution is 5.09. The lowest BCUT2D eigenvalue weighted by atomic mass is 10.2. The SMILES string of the molecule is C[C@H](O)CCc1ccc(C(F)(F)F)o1. The number of aliphatic hydroxyl groups is 1. The van der Waals surface area contributed by atoms with Gasteiger partial charge in [-0.3, -0.25) is 0 Å². The van der Waals surface area contributed by atoms with Gasteiger partial charge in [-0.25, -0.2) is 0 Å². The van der Waals surface area contributed by atoms with Gasteiger partial charge in [0, 0.05) is 6.42 Å². The third kappa shape index (κ3) is 3.06. The van der Waals surface area contributed by atoms with E-state index in [4.69, 9.17) is 5.11 Å². The van der Waals surface area contributed by atoms with Gasteiger partial charge < -0.3 is 9.52 Å². The Bertz CT molecular complexity index is 288. The average molecular weight is 208 g/mol. The number of hydrogen-bond acceptors (Lipinski definition) is 2. The Morgan fingerprint density at radius 1 is 1.43 bits per heavy atom. The predicted octanol–water partition coefficient (Wildman–Crippen LogP) is 2.61. The Hall–Kier alpha value is -0.970. The smallest absolute Gasteiger partial charge is 0.449 e. The molecule has 1 N–H and O–H groups in total. The summed E-state index contributed by atoms with van der Waals surface area (Å²) in [6, 6.07) is 2.18. The van der Waals surface area contributed by atoms with Crippen molar-refractivity contribution in [2.75, 3.05) is 0 Å². The summed E-state index contributed by atoms with van der Waals surface area (Å²) >= 11 is 0. The van der Waals surface area contributed by atoms with Gasteiger partial charge in [-0.1, -0.05) is 0 Å². The summed E-state index contributed by atoms with van der Waals surface area (Å²) in [6.45, 7) is 1.58. The van der Waals surface area contributed by atoms with Crippen LogP contribution in [0.5, 0.6) is 0 Å². The van der Waals surface area contributed by atoms with Crippen molar-refractivity contribution in [1.82, 2.24) is 0 Å². The summed E-state index contributed by atoms with van der Waals surface area (Å²) in [6.07, 6.45) is -4.25. The highest BCUT2D eigenvalue weighted by Gasteiger charge is 2.34. The first-order valence-corrected chi connectivity index (χ1v) is 4.23. The fourth-order valence-electron chi connectivity index (χ4n) is 1.02. The maximum Gasteiger partial charge on any atom is 0.449 e. The van der Waals surface area contributed by atoms with E-state index in [1.807, 2.05) is 0 Å². The molecule has 0 radical (unpaired) electrons. The standard InChI is InChI=1S/C9H11F3O2/c1-6(13)2-3-7-4-5-8(14-7)9(10,11)12/h4-6,13H,2-3H2,1H3/t6-/m0/s1. The Balaban J connectivity index is 2.60. The molecule has 0 amide bonds. The molecule has 14 heavy (non-hydrogen) atoms. The zero-order valence-electron chi connectivity index (χ0n) is 7.64. The van der Waals surface area contributed by atoms with E-state index in [0.29, 0.717) is 12.8 Å². The Morgan fingerprint density at radius 2 is 2.07 bits per heavy atom. The Morgan fingerprint density at radius 3 is 2.50 bits per heavy atom. The molecule has 1 atom stereocenters. The molecule has 80 valence electrons. The quantitative estimate of drug-likeness (QED) is 0.828. The maximum absolute atomic E-state index is 12.1. The molecule has 0 aliphatic heterocycles. The molecule has 0 unspecified atom stereocenters. The monoisotopic (exact) mass is 208 g/mol. The number of aryl methyl sites for hydroxylation is 1. The fraction of sp³-hybridized carbons (Fsp3) is 0.556. The van der Waals surface area contributed by atoms with Crippen molar-refractivity contribution in [2.45, 2.75) is 32.0 Å². The number of halogens is 3. The summed E-state index contributed by atoms with van der Waals surface area (Å²) in [4.78, 5) is 0. The first-order valence-electron chi connectivity index (χ1n) is 4.23. The summed E-state index contributed by atoms with van der Waals surface area (Å²) in [5.41, 5.74) is 0. The number of aliphatic hydroxyl groups excluding tert-OH is 1. The van der Waals surface area contributed by atoms with E-state index in [1.54, 1.807) is 6.92 Å². The lowest BCUT2D eigenvalue weighted by Gasteiger charge is -2.02. The van der Waals surface area contributed by atoms with Gasteiger partial charge in [0.05, 0.1) is 6.10 Å². The lowest BCUT2D eigenvalue weighted by Crippen LogP contribution is -2.03. The molecule has 0 saturated heterocycles. The van der Waals surface area contributed by atoms with Crippen LogP contribution in [0.15, 0.2) is 16.5 Å². The minimum Gasteiger partial charge on any atom is -0.457 e. The summed E-state index contributed by atoms with van der Waals surface area (Å²) < 4.78 is 40.7. The van der Waals surface area contributed by atoms with E-state index in [2.05, 4.69) is 4.42 Å². The fourth-order valence-corrected chi connectivity index (χ4v) is 1.02. The zero-order chi connectivity index (χ0) is 10.8. The molecule has 0 fully saturated rings. The van der Waals surface area contributed by atoms with Gasteiger partial charge in [0.2, 0.25) is 5.76 Å². The third-order valence-corrected chi connectivity index (χ3v) is 1.75. The molecular weight excluding hydrogens is 197 g/mol. The minimum atomic E-state index is -4.43. The Labute approximate surface area is 79.3 Å². The van der Waals surface area contributed by atoms with E-state index in [0.717, 1.165) is 6.07 Å². The summed E-state index contributed by atoms with van der Waals surface area (Å²) in [5, 5.41) is 8.92.